The normalized spacial score (nSPS) is 11.7. The van der Waals surface area contributed by atoms with Crippen molar-refractivity contribution in [3.05, 3.63) is 107 Å². The van der Waals surface area contributed by atoms with Crippen LogP contribution in [0.15, 0.2) is 78.9 Å². The van der Waals surface area contributed by atoms with Crippen LogP contribution in [-0.4, -0.2) is 43.7 Å². The van der Waals surface area contributed by atoms with Crippen LogP contribution in [0.1, 0.15) is 146 Å². The Bertz CT molecular complexity index is 1400. The van der Waals surface area contributed by atoms with E-state index in [0.717, 1.165) is 69.8 Å². The van der Waals surface area contributed by atoms with Gasteiger partial charge in [0.05, 0.1) is 42.1 Å². The third kappa shape index (κ3) is 16.0. The van der Waals surface area contributed by atoms with E-state index in [1.807, 2.05) is 37.3 Å². The van der Waals surface area contributed by atoms with Crippen molar-refractivity contribution < 1.29 is 38.1 Å². The van der Waals surface area contributed by atoms with Gasteiger partial charge in [-0.2, -0.15) is 0 Å². The predicted octanol–water partition coefficient (Wildman–Crippen LogP) is 10.4. The van der Waals surface area contributed by atoms with Gasteiger partial charge in [0.2, 0.25) is 0 Å². The lowest BCUT2D eigenvalue weighted by atomic mass is 10.0. The first kappa shape index (κ1) is 42.7. The molecule has 0 fully saturated rings. The van der Waals surface area contributed by atoms with Gasteiger partial charge in [0.15, 0.2) is 0 Å². The molecule has 0 aliphatic heterocycles. The Morgan fingerprint density at radius 1 is 0.471 bits per heavy atom. The predicted molar refractivity (Wildman–Crippen MR) is 201 cm³/mol. The van der Waals surface area contributed by atoms with Crippen LogP contribution in [0.2, 0.25) is 0 Å². The average molecular weight is 703 g/mol. The Morgan fingerprint density at radius 2 is 0.843 bits per heavy atom. The molecule has 51 heavy (non-hydrogen) atoms. The fraction of sp³-hybridized carbons (Fsp3) is 0.488. The molecular weight excluding hydrogens is 644 g/mol. The molecule has 0 saturated heterocycles. The number of esters is 4. The molecule has 2 unspecified atom stereocenters. The lowest BCUT2D eigenvalue weighted by Crippen LogP contribution is -2.19. The smallest absolute Gasteiger partial charge is 0.339 e. The van der Waals surface area contributed by atoms with E-state index >= 15 is 0 Å². The summed E-state index contributed by atoms with van der Waals surface area (Å²) in [5.74, 6) is -1.18. The van der Waals surface area contributed by atoms with Gasteiger partial charge < -0.3 is 18.9 Å². The van der Waals surface area contributed by atoms with Crippen molar-refractivity contribution in [2.75, 3.05) is 19.8 Å². The summed E-state index contributed by atoms with van der Waals surface area (Å²) in [5, 5.41) is 0. The molecule has 8 nitrogen and oxygen atoms in total. The minimum Gasteiger partial charge on any atom is -0.462 e. The zero-order valence-corrected chi connectivity index (χ0v) is 31.3. The van der Waals surface area contributed by atoms with Gasteiger partial charge in [0, 0.05) is 0 Å². The van der Waals surface area contributed by atoms with Crippen molar-refractivity contribution in [1.82, 2.24) is 0 Å². The highest BCUT2D eigenvalue weighted by Gasteiger charge is 2.21. The minimum absolute atomic E-state index is 0.166. The number of rotatable bonds is 21. The number of hydrogen-bond acceptors (Lipinski definition) is 8. The van der Waals surface area contributed by atoms with Crippen LogP contribution in [0.3, 0.4) is 0 Å². The van der Waals surface area contributed by atoms with Gasteiger partial charge in [-0.1, -0.05) is 134 Å². The number of benzene rings is 3. The summed E-state index contributed by atoms with van der Waals surface area (Å²) < 4.78 is 21.5. The second-order valence-corrected chi connectivity index (χ2v) is 12.7. The molecule has 0 aliphatic carbocycles. The Labute approximate surface area is 305 Å². The summed E-state index contributed by atoms with van der Waals surface area (Å²) in [6.07, 6.45) is 10.3. The topological polar surface area (TPSA) is 105 Å². The van der Waals surface area contributed by atoms with Gasteiger partial charge in [-0.25, -0.2) is 19.2 Å². The zero-order chi connectivity index (χ0) is 37.3. The van der Waals surface area contributed by atoms with Crippen LogP contribution in [0.25, 0.3) is 0 Å². The number of unbranched alkanes of at least 4 members (excludes halogenated alkanes) is 3. The SMILES string of the molecule is CCCCC(CC)COC(=O)c1ccccc1C(=O)OCC(CC)CCCC.CCCCOC(=O)c1ccccc1C(=O)OCc1ccccc1. The molecule has 2 atom stereocenters. The number of carbonyl (C=O) groups is 4. The fourth-order valence-corrected chi connectivity index (χ4v) is 5.20. The fourth-order valence-electron chi connectivity index (χ4n) is 5.20. The summed E-state index contributed by atoms with van der Waals surface area (Å²) >= 11 is 0. The molecule has 278 valence electrons. The van der Waals surface area contributed by atoms with E-state index in [1.165, 1.54) is 0 Å². The molecule has 0 amide bonds. The van der Waals surface area contributed by atoms with Crippen molar-refractivity contribution in [3.8, 4) is 0 Å². The van der Waals surface area contributed by atoms with E-state index in [-0.39, 0.29) is 17.7 Å². The highest BCUT2D eigenvalue weighted by atomic mass is 16.5. The van der Waals surface area contributed by atoms with Crippen LogP contribution in [0, 0.1) is 11.8 Å². The molecule has 0 aliphatic rings. The average Bonchev–Trinajstić information content (AvgIpc) is 3.17. The maximum atomic E-state index is 12.6. The van der Waals surface area contributed by atoms with Crippen molar-refractivity contribution >= 4 is 23.9 Å². The molecule has 0 radical (unpaired) electrons. The van der Waals surface area contributed by atoms with Gasteiger partial charge in [-0.3, -0.25) is 0 Å². The van der Waals surface area contributed by atoms with Crippen LogP contribution in [-0.2, 0) is 25.6 Å². The first-order valence-electron chi connectivity index (χ1n) is 18.7. The summed E-state index contributed by atoms with van der Waals surface area (Å²) in [6.45, 7) is 11.9. The summed E-state index contributed by atoms with van der Waals surface area (Å²) in [7, 11) is 0. The molecule has 0 heterocycles. The molecule has 3 rings (SSSR count). The molecule has 8 heteroatoms. The molecule has 0 spiro atoms. The second-order valence-electron chi connectivity index (χ2n) is 12.7. The third-order valence-corrected chi connectivity index (χ3v) is 8.66. The van der Waals surface area contributed by atoms with Crippen LogP contribution < -0.4 is 0 Å². The van der Waals surface area contributed by atoms with Gasteiger partial charge in [0.25, 0.3) is 0 Å². The Morgan fingerprint density at radius 3 is 1.24 bits per heavy atom. The lowest BCUT2D eigenvalue weighted by molar-refractivity contribution is 0.0381. The number of hydrogen-bond donors (Lipinski definition) is 0. The number of carbonyl (C=O) groups excluding carboxylic acids is 4. The molecule has 0 saturated carbocycles. The zero-order valence-electron chi connectivity index (χ0n) is 31.3. The molecule has 0 N–H and O–H groups in total. The van der Waals surface area contributed by atoms with Gasteiger partial charge in [-0.15, -0.1) is 0 Å². The monoisotopic (exact) mass is 702 g/mol. The van der Waals surface area contributed by atoms with Gasteiger partial charge in [-0.05, 0) is 60.9 Å². The quantitative estimate of drug-likeness (QED) is 0.0613. The van der Waals surface area contributed by atoms with Gasteiger partial charge in [0.1, 0.15) is 6.61 Å². The van der Waals surface area contributed by atoms with Crippen molar-refractivity contribution in [2.45, 2.75) is 105 Å². The molecule has 3 aromatic rings. The first-order valence-corrected chi connectivity index (χ1v) is 18.7. The third-order valence-electron chi connectivity index (χ3n) is 8.66. The highest BCUT2D eigenvalue weighted by Crippen LogP contribution is 2.19. The summed E-state index contributed by atoms with van der Waals surface area (Å²) in [4.78, 5) is 49.5. The lowest BCUT2D eigenvalue weighted by Gasteiger charge is -2.17. The number of ether oxygens (including phenoxy) is 4. The van der Waals surface area contributed by atoms with Crippen LogP contribution in [0.4, 0.5) is 0 Å². The van der Waals surface area contributed by atoms with E-state index in [4.69, 9.17) is 18.9 Å². The molecule has 3 aromatic carbocycles. The molecular formula is C43H58O8. The van der Waals surface area contributed by atoms with E-state index in [2.05, 4.69) is 27.7 Å². The summed E-state index contributed by atoms with van der Waals surface area (Å²) in [5.41, 5.74) is 1.94. The van der Waals surface area contributed by atoms with Crippen molar-refractivity contribution in [2.24, 2.45) is 11.8 Å². The summed E-state index contributed by atoms with van der Waals surface area (Å²) in [6, 6.07) is 22.7. The molecule has 0 bridgehead atoms. The van der Waals surface area contributed by atoms with E-state index in [1.54, 1.807) is 48.5 Å². The van der Waals surface area contributed by atoms with Crippen LogP contribution in [0.5, 0.6) is 0 Å². The Hall–Kier alpha value is -4.46. The second kappa shape index (κ2) is 25.5. The standard InChI is InChI=1S/C24H38O4.C19H20O4/c1-5-9-13-19(7-3)17-27-23(25)21-15-11-12-16-22(21)24(26)28-18-20(8-4)14-10-6-2;1-2-3-13-22-18(20)16-11-7-8-12-17(16)19(21)23-14-15-9-5-4-6-10-15/h11-12,15-16,19-20H,5-10,13-14,17-18H2,1-4H3;4-12H,2-3,13-14H2,1H3. The Balaban J connectivity index is 0.000000360. The Kier molecular flexibility index (Phi) is 21.3. The molecule has 0 aromatic heterocycles. The van der Waals surface area contributed by atoms with Gasteiger partial charge >= 0.3 is 23.9 Å². The largest absolute Gasteiger partial charge is 0.462 e. The maximum absolute atomic E-state index is 12.6. The van der Waals surface area contributed by atoms with E-state index in [0.29, 0.717) is 42.8 Å². The van der Waals surface area contributed by atoms with E-state index in [9.17, 15) is 19.2 Å². The highest BCUT2D eigenvalue weighted by molar-refractivity contribution is 6.03. The van der Waals surface area contributed by atoms with Crippen molar-refractivity contribution in [3.63, 3.8) is 0 Å². The minimum atomic E-state index is -0.531. The first-order chi connectivity index (χ1) is 24.8. The van der Waals surface area contributed by atoms with Crippen molar-refractivity contribution in [1.29, 1.82) is 0 Å². The van der Waals surface area contributed by atoms with Crippen LogP contribution >= 0.6 is 0 Å². The van der Waals surface area contributed by atoms with E-state index < -0.39 is 23.9 Å². The maximum Gasteiger partial charge on any atom is 0.339 e.